The molecule has 4 heteroatoms. The van der Waals surface area contributed by atoms with Crippen molar-refractivity contribution in [2.45, 2.75) is 32.9 Å². The van der Waals surface area contributed by atoms with Crippen LogP contribution in [0.15, 0.2) is 36.9 Å². The van der Waals surface area contributed by atoms with Crippen molar-refractivity contribution in [3.63, 3.8) is 0 Å². The molecule has 1 heterocycles. The zero-order chi connectivity index (χ0) is 12.1. The van der Waals surface area contributed by atoms with E-state index in [1.54, 1.807) is 12.7 Å². The molecule has 0 saturated heterocycles. The minimum Gasteiger partial charge on any atom is -0.383 e. The van der Waals surface area contributed by atoms with Gasteiger partial charge in [0.05, 0.1) is 6.54 Å². The summed E-state index contributed by atoms with van der Waals surface area (Å²) in [6.07, 6.45) is 4.41. The molecular formula is C13H18N4. The van der Waals surface area contributed by atoms with Gasteiger partial charge >= 0.3 is 0 Å². The quantitative estimate of drug-likeness (QED) is 0.858. The van der Waals surface area contributed by atoms with Crippen LogP contribution in [-0.4, -0.2) is 20.8 Å². The molecule has 0 fully saturated rings. The van der Waals surface area contributed by atoms with Crippen molar-refractivity contribution in [2.75, 3.05) is 5.32 Å². The lowest BCUT2D eigenvalue weighted by molar-refractivity contribution is 0.684. The summed E-state index contributed by atoms with van der Waals surface area (Å²) in [5.74, 6) is 0. The second-order valence-corrected chi connectivity index (χ2v) is 4.25. The molecule has 0 saturated carbocycles. The molecule has 2 rings (SSSR count). The summed E-state index contributed by atoms with van der Waals surface area (Å²) < 4.78 is 1.82. The SMILES string of the molecule is CCC(C)Nc1cccc(Cn2cncn2)c1. The minimum atomic E-state index is 0.497. The molecule has 0 aliphatic heterocycles. The largest absolute Gasteiger partial charge is 0.383 e. The highest BCUT2D eigenvalue weighted by molar-refractivity contribution is 5.46. The van der Waals surface area contributed by atoms with Gasteiger partial charge in [0, 0.05) is 11.7 Å². The molecule has 17 heavy (non-hydrogen) atoms. The van der Waals surface area contributed by atoms with E-state index in [0.29, 0.717) is 6.04 Å². The number of hydrogen-bond donors (Lipinski definition) is 1. The third-order valence-corrected chi connectivity index (χ3v) is 2.76. The predicted octanol–water partition coefficient (Wildman–Crippen LogP) is 2.54. The van der Waals surface area contributed by atoms with Gasteiger partial charge in [-0.25, -0.2) is 9.67 Å². The molecular weight excluding hydrogens is 212 g/mol. The van der Waals surface area contributed by atoms with E-state index in [0.717, 1.165) is 18.7 Å². The molecule has 0 aliphatic carbocycles. The van der Waals surface area contributed by atoms with E-state index in [1.165, 1.54) is 5.56 Å². The Bertz CT molecular complexity index is 450. The van der Waals surface area contributed by atoms with Crippen LogP contribution >= 0.6 is 0 Å². The van der Waals surface area contributed by atoms with E-state index in [-0.39, 0.29) is 0 Å². The van der Waals surface area contributed by atoms with Crippen LogP contribution < -0.4 is 5.32 Å². The number of anilines is 1. The lowest BCUT2D eigenvalue weighted by atomic mass is 10.1. The number of aromatic nitrogens is 3. The van der Waals surface area contributed by atoms with Crippen LogP contribution in [-0.2, 0) is 6.54 Å². The normalized spacial score (nSPS) is 12.4. The lowest BCUT2D eigenvalue weighted by Crippen LogP contribution is -2.13. The van der Waals surface area contributed by atoms with Gasteiger partial charge in [-0.2, -0.15) is 5.10 Å². The van der Waals surface area contributed by atoms with E-state index in [2.05, 4.69) is 53.5 Å². The molecule has 0 spiro atoms. The average molecular weight is 230 g/mol. The van der Waals surface area contributed by atoms with Gasteiger partial charge in [0.1, 0.15) is 12.7 Å². The molecule has 4 nitrogen and oxygen atoms in total. The van der Waals surface area contributed by atoms with Gasteiger partial charge in [-0.15, -0.1) is 0 Å². The Morgan fingerprint density at radius 2 is 2.29 bits per heavy atom. The molecule has 1 N–H and O–H groups in total. The van der Waals surface area contributed by atoms with Crippen molar-refractivity contribution in [3.8, 4) is 0 Å². The zero-order valence-electron chi connectivity index (χ0n) is 10.3. The van der Waals surface area contributed by atoms with Crippen LogP contribution in [0.1, 0.15) is 25.8 Å². The Morgan fingerprint density at radius 1 is 1.41 bits per heavy atom. The predicted molar refractivity (Wildman–Crippen MR) is 68.9 cm³/mol. The maximum Gasteiger partial charge on any atom is 0.137 e. The first-order chi connectivity index (χ1) is 8.28. The summed E-state index contributed by atoms with van der Waals surface area (Å²) in [6, 6.07) is 8.92. The molecule has 0 amide bonds. The van der Waals surface area contributed by atoms with Gasteiger partial charge in [-0.05, 0) is 31.0 Å². The van der Waals surface area contributed by atoms with Crippen LogP contribution in [0.5, 0.6) is 0 Å². The molecule has 2 aromatic rings. The fourth-order valence-electron chi connectivity index (χ4n) is 1.65. The van der Waals surface area contributed by atoms with Crippen molar-refractivity contribution in [2.24, 2.45) is 0 Å². The monoisotopic (exact) mass is 230 g/mol. The van der Waals surface area contributed by atoms with E-state index >= 15 is 0 Å². The smallest absolute Gasteiger partial charge is 0.137 e. The van der Waals surface area contributed by atoms with Crippen molar-refractivity contribution in [1.82, 2.24) is 14.8 Å². The summed E-state index contributed by atoms with van der Waals surface area (Å²) in [7, 11) is 0. The molecule has 1 atom stereocenters. The Morgan fingerprint density at radius 3 is 3.00 bits per heavy atom. The number of rotatable bonds is 5. The van der Waals surface area contributed by atoms with Crippen molar-refractivity contribution < 1.29 is 0 Å². The highest BCUT2D eigenvalue weighted by Crippen LogP contribution is 2.13. The van der Waals surface area contributed by atoms with E-state index in [9.17, 15) is 0 Å². The van der Waals surface area contributed by atoms with Gasteiger partial charge < -0.3 is 5.32 Å². The fourth-order valence-corrected chi connectivity index (χ4v) is 1.65. The second-order valence-electron chi connectivity index (χ2n) is 4.25. The number of hydrogen-bond acceptors (Lipinski definition) is 3. The van der Waals surface area contributed by atoms with Gasteiger partial charge in [0.15, 0.2) is 0 Å². The summed E-state index contributed by atoms with van der Waals surface area (Å²) in [6.45, 7) is 5.12. The van der Waals surface area contributed by atoms with Crippen LogP contribution in [0.2, 0.25) is 0 Å². The maximum atomic E-state index is 4.10. The summed E-state index contributed by atoms with van der Waals surface area (Å²) in [5, 5.41) is 7.57. The maximum absolute atomic E-state index is 4.10. The summed E-state index contributed by atoms with van der Waals surface area (Å²) in [4.78, 5) is 3.94. The first-order valence-corrected chi connectivity index (χ1v) is 5.96. The molecule has 0 bridgehead atoms. The van der Waals surface area contributed by atoms with E-state index < -0.39 is 0 Å². The van der Waals surface area contributed by atoms with Gasteiger partial charge in [-0.3, -0.25) is 0 Å². The van der Waals surface area contributed by atoms with Gasteiger partial charge in [0.25, 0.3) is 0 Å². The van der Waals surface area contributed by atoms with Crippen LogP contribution in [0, 0.1) is 0 Å². The standard InChI is InChI=1S/C13H18N4/c1-3-11(2)16-13-6-4-5-12(7-13)8-17-10-14-9-15-17/h4-7,9-11,16H,3,8H2,1-2H3. The molecule has 1 unspecified atom stereocenters. The molecule has 1 aromatic carbocycles. The zero-order valence-corrected chi connectivity index (χ0v) is 10.3. The average Bonchev–Trinajstić information content (AvgIpc) is 2.82. The Labute approximate surface area is 102 Å². The third kappa shape index (κ3) is 3.31. The second kappa shape index (κ2) is 5.48. The van der Waals surface area contributed by atoms with Crippen molar-refractivity contribution in [1.29, 1.82) is 0 Å². The Balaban J connectivity index is 2.06. The Kier molecular flexibility index (Phi) is 3.75. The van der Waals surface area contributed by atoms with Crippen LogP contribution in [0.4, 0.5) is 5.69 Å². The van der Waals surface area contributed by atoms with Crippen molar-refractivity contribution >= 4 is 5.69 Å². The minimum absolute atomic E-state index is 0.497. The summed E-state index contributed by atoms with van der Waals surface area (Å²) >= 11 is 0. The van der Waals surface area contributed by atoms with Crippen LogP contribution in [0.3, 0.4) is 0 Å². The highest BCUT2D eigenvalue weighted by Gasteiger charge is 2.01. The molecule has 1 aromatic heterocycles. The van der Waals surface area contributed by atoms with Gasteiger partial charge in [0.2, 0.25) is 0 Å². The highest BCUT2D eigenvalue weighted by atomic mass is 15.3. The number of nitrogens with one attached hydrogen (secondary N) is 1. The van der Waals surface area contributed by atoms with Crippen molar-refractivity contribution in [3.05, 3.63) is 42.5 Å². The first-order valence-electron chi connectivity index (χ1n) is 5.96. The molecule has 90 valence electrons. The summed E-state index contributed by atoms with van der Waals surface area (Å²) in [5.41, 5.74) is 2.39. The number of benzene rings is 1. The molecule has 0 aliphatic rings. The Hall–Kier alpha value is -1.84. The third-order valence-electron chi connectivity index (χ3n) is 2.76. The van der Waals surface area contributed by atoms with E-state index in [1.807, 2.05) is 4.68 Å². The number of nitrogens with zero attached hydrogens (tertiary/aromatic N) is 3. The van der Waals surface area contributed by atoms with E-state index in [4.69, 9.17) is 0 Å². The lowest BCUT2D eigenvalue weighted by Gasteiger charge is -2.13. The van der Waals surface area contributed by atoms with Crippen LogP contribution in [0.25, 0.3) is 0 Å². The topological polar surface area (TPSA) is 42.7 Å². The molecule has 0 radical (unpaired) electrons. The fraction of sp³-hybridized carbons (Fsp3) is 0.385. The van der Waals surface area contributed by atoms with Gasteiger partial charge in [-0.1, -0.05) is 19.1 Å². The first kappa shape index (κ1) is 11.6.